The zero-order valence-corrected chi connectivity index (χ0v) is 11.0. The average molecular weight is 266 g/mol. The molecular formula is C14H13Cl2N. The topological polar surface area (TPSA) is 26.0 Å². The zero-order chi connectivity index (χ0) is 12.4. The maximum absolute atomic E-state index is 6.21. The van der Waals surface area contributed by atoms with E-state index >= 15 is 0 Å². The van der Waals surface area contributed by atoms with Crippen LogP contribution in [0.3, 0.4) is 0 Å². The van der Waals surface area contributed by atoms with Crippen molar-refractivity contribution in [1.82, 2.24) is 0 Å². The summed E-state index contributed by atoms with van der Waals surface area (Å²) in [4.78, 5) is 0. The fourth-order valence-corrected chi connectivity index (χ4v) is 2.33. The van der Waals surface area contributed by atoms with Crippen molar-refractivity contribution in [2.75, 3.05) is 0 Å². The van der Waals surface area contributed by atoms with Crippen LogP contribution in [-0.4, -0.2) is 0 Å². The lowest BCUT2D eigenvalue weighted by Crippen LogP contribution is -2.11. The normalized spacial score (nSPS) is 12.5. The molecule has 0 aliphatic carbocycles. The summed E-state index contributed by atoms with van der Waals surface area (Å²) in [6.07, 6.45) is 0. The number of rotatable bonds is 2. The molecule has 0 fully saturated rings. The highest BCUT2D eigenvalue weighted by Crippen LogP contribution is 2.25. The molecule has 0 saturated heterocycles. The Morgan fingerprint density at radius 1 is 0.941 bits per heavy atom. The van der Waals surface area contributed by atoms with Crippen LogP contribution in [0, 0.1) is 6.92 Å². The molecule has 0 amide bonds. The van der Waals surface area contributed by atoms with E-state index in [0.717, 1.165) is 16.7 Å². The number of hydrogen-bond acceptors (Lipinski definition) is 1. The van der Waals surface area contributed by atoms with Crippen LogP contribution in [0.4, 0.5) is 0 Å². The third kappa shape index (κ3) is 3.01. The summed E-state index contributed by atoms with van der Waals surface area (Å²) in [6.45, 7) is 2.00. The first-order valence-electron chi connectivity index (χ1n) is 5.34. The molecule has 0 aliphatic heterocycles. The van der Waals surface area contributed by atoms with E-state index in [1.165, 1.54) is 0 Å². The molecule has 2 N–H and O–H groups in total. The third-order valence-corrected chi connectivity index (χ3v) is 3.08. The minimum absolute atomic E-state index is 0.203. The first-order valence-corrected chi connectivity index (χ1v) is 6.10. The third-order valence-electron chi connectivity index (χ3n) is 2.63. The summed E-state index contributed by atoms with van der Waals surface area (Å²) in [5.74, 6) is 0. The molecule has 0 aliphatic rings. The van der Waals surface area contributed by atoms with Gasteiger partial charge >= 0.3 is 0 Å². The number of halogens is 2. The molecule has 2 aromatic carbocycles. The van der Waals surface area contributed by atoms with E-state index < -0.39 is 0 Å². The van der Waals surface area contributed by atoms with Gasteiger partial charge in [-0.3, -0.25) is 0 Å². The van der Waals surface area contributed by atoms with Crippen molar-refractivity contribution in [2.24, 2.45) is 5.73 Å². The lowest BCUT2D eigenvalue weighted by Gasteiger charge is -2.14. The molecule has 1 nitrogen and oxygen atoms in total. The van der Waals surface area contributed by atoms with E-state index in [4.69, 9.17) is 28.9 Å². The second-order valence-corrected chi connectivity index (χ2v) is 4.97. The number of benzene rings is 2. The average Bonchev–Trinajstić information content (AvgIpc) is 2.26. The number of nitrogens with two attached hydrogens (primary N) is 1. The lowest BCUT2D eigenvalue weighted by atomic mass is 9.98. The van der Waals surface area contributed by atoms with Gasteiger partial charge in [-0.15, -0.1) is 0 Å². The number of aryl methyl sites for hydroxylation is 1. The maximum Gasteiger partial charge on any atom is 0.0552 e. The molecule has 0 spiro atoms. The van der Waals surface area contributed by atoms with Crippen LogP contribution in [0.5, 0.6) is 0 Å². The van der Waals surface area contributed by atoms with Gasteiger partial charge in [0.1, 0.15) is 0 Å². The summed E-state index contributed by atoms with van der Waals surface area (Å²) >= 11 is 12.0. The number of hydrogen-bond donors (Lipinski definition) is 1. The molecule has 88 valence electrons. The Morgan fingerprint density at radius 3 is 2.29 bits per heavy atom. The van der Waals surface area contributed by atoms with E-state index in [0.29, 0.717) is 10.0 Å². The molecule has 0 radical (unpaired) electrons. The molecule has 0 aromatic heterocycles. The van der Waals surface area contributed by atoms with Crippen molar-refractivity contribution in [3.8, 4) is 0 Å². The van der Waals surface area contributed by atoms with Crippen molar-refractivity contribution in [2.45, 2.75) is 13.0 Å². The first-order chi connectivity index (χ1) is 8.06. The summed E-state index contributed by atoms with van der Waals surface area (Å²) in [7, 11) is 0. The molecule has 0 saturated carbocycles. The molecule has 17 heavy (non-hydrogen) atoms. The van der Waals surface area contributed by atoms with Crippen LogP contribution in [0.25, 0.3) is 0 Å². The highest BCUT2D eigenvalue weighted by atomic mass is 35.5. The predicted molar refractivity (Wildman–Crippen MR) is 73.7 cm³/mol. The zero-order valence-electron chi connectivity index (χ0n) is 9.45. The molecule has 1 atom stereocenters. The van der Waals surface area contributed by atoms with E-state index in [9.17, 15) is 0 Å². The van der Waals surface area contributed by atoms with Crippen LogP contribution in [-0.2, 0) is 0 Å². The van der Waals surface area contributed by atoms with E-state index in [1.54, 1.807) is 0 Å². The summed E-state index contributed by atoms with van der Waals surface area (Å²) in [5.41, 5.74) is 9.29. The standard InChI is InChI=1S/C14H13Cl2N/c1-9-5-11(8-13(16)6-9)14(17)10-3-2-4-12(15)7-10/h2-8,14H,17H2,1H3. The smallest absolute Gasteiger partial charge is 0.0552 e. The van der Waals surface area contributed by atoms with Gasteiger partial charge in [0, 0.05) is 10.0 Å². The van der Waals surface area contributed by atoms with Gasteiger partial charge in [0.05, 0.1) is 6.04 Å². The van der Waals surface area contributed by atoms with Crippen LogP contribution in [0.1, 0.15) is 22.7 Å². The Kier molecular flexibility index (Phi) is 3.72. The van der Waals surface area contributed by atoms with Gasteiger partial charge in [0.2, 0.25) is 0 Å². The van der Waals surface area contributed by atoms with Crippen LogP contribution >= 0.6 is 23.2 Å². The van der Waals surface area contributed by atoms with Crippen molar-refractivity contribution in [3.05, 3.63) is 69.2 Å². The summed E-state index contributed by atoms with van der Waals surface area (Å²) in [6, 6.07) is 13.2. The Bertz CT molecular complexity index is 517. The lowest BCUT2D eigenvalue weighted by molar-refractivity contribution is 0.870. The van der Waals surface area contributed by atoms with Crippen molar-refractivity contribution < 1.29 is 0 Å². The van der Waals surface area contributed by atoms with Gasteiger partial charge in [-0.25, -0.2) is 0 Å². The molecular weight excluding hydrogens is 253 g/mol. The Hall–Kier alpha value is -1.02. The van der Waals surface area contributed by atoms with Crippen LogP contribution in [0.2, 0.25) is 10.0 Å². The van der Waals surface area contributed by atoms with Gasteiger partial charge in [0.25, 0.3) is 0 Å². The van der Waals surface area contributed by atoms with Gasteiger partial charge in [-0.2, -0.15) is 0 Å². The molecule has 2 rings (SSSR count). The van der Waals surface area contributed by atoms with Crippen molar-refractivity contribution in [1.29, 1.82) is 0 Å². The Labute approximate surface area is 111 Å². The quantitative estimate of drug-likeness (QED) is 0.859. The van der Waals surface area contributed by atoms with Crippen LogP contribution < -0.4 is 5.73 Å². The monoisotopic (exact) mass is 265 g/mol. The summed E-state index contributed by atoms with van der Waals surface area (Å²) in [5, 5.41) is 1.40. The van der Waals surface area contributed by atoms with Crippen molar-refractivity contribution >= 4 is 23.2 Å². The second kappa shape index (κ2) is 5.09. The predicted octanol–water partition coefficient (Wildman–Crippen LogP) is 4.35. The van der Waals surface area contributed by atoms with Crippen molar-refractivity contribution in [3.63, 3.8) is 0 Å². The SMILES string of the molecule is Cc1cc(Cl)cc(C(N)c2cccc(Cl)c2)c1. The molecule has 3 heteroatoms. The fourth-order valence-electron chi connectivity index (χ4n) is 1.84. The highest BCUT2D eigenvalue weighted by Gasteiger charge is 2.10. The Morgan fingerprint density at radius 2 is 1.65 bits per heavy atom. The van der Waals surface area contributed by atoms with Crippen LogP contribution in [0.15, 0.2) is 42.5 Å². The van der Waals surface area contributed by atoms with Gasteiger partial charge in [-0.1, -0.05) is 41.4 Å². The maximum atomic E-state index is 6.21. The molecule has 0 bridgehead atoms. The van der Waals surface area contributed by atoms with Gasteiger partial charge in [-0.05, 0) is 47.9 Å². The minimum Gasteiger partial charge on any atom is -0.320 e. The largest absolute Gasteiger partial charge is 0.320 e. The highest BCUT2D eigenvalue weighted by molar-refractivity contribution is 6.31. The molecule has 2 aromatic rings. The van der Waals surface area contributed by atoms with Gasteiger partial charge in [0.15, 0.2) is 0 Å². The van der Waals surface area contributed by atoms with E-state index in [1.807, 2.05) is 49.4 Å². The van der Waals surface area contributed by atoms with E-state index in [2.05, 4.69) is 0 Å². The molecule has 0 heterocycles. The first kappa shape index (κ1) is 12.4. The molecule has 1 unspecified atom stereocenters. The fraction of sp³-hybridized carbons (Fsp3) is 0.143. The van der Waals surface area contributed by atoms with Gasteiger partial charge < -0.3 is 5.73 Å². The Balaban J connectivity index is 2.39. The second-order valence-electron chi connectivity index (χ2n) is 4.09. The van der Waals surface area contributed by atoms with E-state index in [-0.39, 0.29) is 6.04 Å². The summed E-state index contributed by atoms with van der Waals surface area (Å²) < 4.78 is 0. The minimum atomic E-state index is -0.203.